The molecule has 1 fully saturated rings. The third kappa shape index (κ3) is 2.80. The van der Waals surface area contributed by atoms with Gasteiger partial charge in [-0.05, 0) is 46.7 Å². The third-order valence-electron chi connectivity index (χ3n) is 3.54. The number of piperidine rings is 1. The van der Waals surface area contributed by atoms with E-state index in [4.69, 9.17) is 5.84 Å². The summed E-state index contributed by atoms with van der Waals surface area (Å²) in [6.45, 7) is 12.9. The first kappa shape index (κ1) is 12.7. The van der Waals surface area contributed by atoms with Crippen molar-refractivity contribution >= 4 is 0 Å². The first-order valence-electron chi connectivity index (χ1n) is 5.86. The Morgan fingerprint density at radius 3 is 2.27 bits per heavy atom. The molecule has 1 atom stereocenters. The molecule has 0 aromatic heterocycles. The number of likely N-dealkylation sites (tertiary alicyclic amines) is 1. The van der Waals surface area contributed by atoms with Crippen molar-refractivity contribution in [3.63, 3.8) is 0 Å². The Bertz CT molecular complexity index is 217. The highest BCUT2D eigenvalue weighted by Crippen LogP contribution is 2.26. The summed E-state index contributed by atoms with van der Waals surface area (Å²) in [5.74, 6) is 5.63. The molecular weight excluding hydrogens is 186 g/mol. The van der Waals surface area contributed by atoms with Crippen LogP contribution in [0, 0.1) is 0 Å². The Labute approximate surface area is 93.7 Å². The molecule has 3 nitrogen and oxygen atoms in total. The van der Waals surface area contributed by atoms with Crippen LogP contribution in [-0.4, -0.2) is 29.6 Å². The Morgan fingerprint density at radius 2 is 1.87 bits per heavy atom. The van der Waals surface area contributed by atoms with E-state index in [2.05, 4.69) is 30.8 Å². The summed E-state index contributed by atoms with van der Waals surface area (Å²) in [5, 5.41) is 0. The van der Waals surface area contributed by atoms with E-state index >= 15 is 0 Å². The molecule has 0 aliphatic carbocycles. The van der Waals surface area contributed by atoms with Gasteiger partial charge in [0.15, 0.2) is 0 Å². The Morgan fingerprint density at radius 1 is 1.33 bits per heavy atom. The zero-order valence-corrected chi connectivity index (χ0v) is 10.3. The van der Waals surface area contributed by atoms with Crippen LogP contribution < -0.4 is 11.3 Å². The van der Waals surface area contributed by atoms with Crippen LogP contribution in [0.3, 0.4) is 0 Å². The van der Waals surface area contributed by atoms with E-state index in [0.29, 0.717) is 0 Å². The normalized spacial score (nSPS) is 21.3. The predicted molar refractivity (Wildman–Crippen MR) is 65.4 cm³/mol. The topological polar surface area (TPSA) is 41.3 Å². The van der Waals surface area contributed by atoms with E-state index in [-0.39, 0.29) is 11.6 Å². The molecule has 1 aliphatic rings. The molecule has 0 aromatic rings. The molecule has 1 saturated heterocycles. The lowest BCUT2D eigenvalue weighted by Gasteiger charge is -2.46. The minimum absolute atomic E-state index is 0.0566. The summed E-state index contributed by atoms with van der Waals surface area (Å²) in [6, 6.07) is 0.163. The van der Waals surface area contributed by atoms with Crippen molar-refractivity contribution in [2.75, 3.05) is 13.1 Å². The minimum atomic E-state index is 0.0566. The van der Waals surface area contributed by atoms with Gasteiger partial charge in [0.25, 0.3) is 0 Å². The molecule has 1 heterocycles. The van der Waals surface area contributed by atoms with Crippen LogP contribution in [0.25, 0.3) is 0 Å². The highest BCUT2D eigenvalue weighted by molar-refractivity contribution is 5.11. The molecule has 0 spiro atoms. The number of nitrogens with one attached hydrogen (secondary N) is 1. The second-order valence-corrected chi connectivity index (χ2v) is 5.15. The van der Waals surface area contributed by atoms with Crippen molar-refractivity contribution in [2.24, 2.45) is 5.84 Å². The molecular formula is C12H25N3. The van der Waals surface area contributed by atoms with Crippen molar-refractivity contribution in [3.8, 4) is 0 Å². The average molecular weight is 211 g/mol. The molecule has 88 valence electrons. The summed E-state index contributed by atoms with van der Waals surface area (Å²) in [5.41, 5.74) is 4.06. The largest absolute Gasteiger partial charge is 0.296 e. The zero-order chi connectivity index (χ0) is 11.5. The van der Waals surface area contributed by atoms with Gasteiger partial charge in [-0.25, -0.2) is 0 Å². The lowest BCUT2D eigenvalue weighted by atomic mass is 9.87. The maximum absolute atomic E-state index is 5.63. The van der Waals surface area contributed by atoms with Gasteiger partial charge in [0.1, 0.15) is 0 Å². The lowest BCUT2D eigenvalue weighted by Crippen LogP contribution is -2.60. The monoisotopic (exact) mass is 211 g/mol. The summed E-state index contributed by atoms with van der Waals surface area (Å²) in [4.78, 5) is 2.52. The van der Waals surface area contributed by atoms with Crippen molar-refractivity contribution in [2.45, 2.75) is 51.6 Å². The van der Waals surface area contributed by atoms with Gasteiger partial charge in [-0.3, -0.25) is 16.2 Å². The third-order valence-corrected chi connectivity index (χ3v) is 3.54. The van der Waals surface area contributed by atoms with Crippen molar-refractivity contribution in [1.82, 2.24) is 10.3 Å². The summed E-state index contributed by atoms with van der Waals surface area (Å²) >= 11 is 0. The molecule has 1 aliphatic heterocycles. The summed E-state index contributed by atoms with van der Waals surface area (Å²) < 4.78 is 0. The number of hydrazine groups is 1. The van der Waals surface area contributed by atoms with Crippen LogP contribution in [0.4, 0.5) is 0 Å². The minimum Gasteiger partial charge on any atom is -0.296 e. The van der Waals surface area contributed by atoms with Crippen molar-refractivity contribution in [1.29, 1.82) is 0 Å². The quantitative estimate of drug-likeness (QED) is 0.422. The van der Waals surface area contributed by atoms with Gasteiger partial charge >= 0.3 is 0 Å². The zero-order valence-electron chi connectivity index (χ0n) is 10.3. The highest BCUT2D eigenvalue weighted by atomic mass is 15.3. The molecule has 0 bridgehead atoms. The molecule has 0 radical (unpaired) electrons. The van der Waals surface area contributed by atoms with E-state index < -0.39 is 0 Å². The highest BCUT2D eigenvalue weighted by Gasteiger charge is 2.35. The Hall–Kier alpha value is -0.380. The predicted octanol–water partition coefficient (Wildman–Crippen LogP) is 1.66. The number of nitrogens with zero attached hydrogens (tertiary/aromatic N) is 1. The van der Waals surface area contributed by atoms with E-state index in [1.165, 1.54) is 32.4 Å². The smallest absolute Gasteiger partial charge is 0.0593 e. The Balaban J connectivity index is 2.73. The van der Waals surface area contributed by atoms with Crippen LogP contribution >= 0.6 is 0 Å². The van der Waals surface area contributed by atoms with Gasteiger partial charge in [0.2, 0.25) is 0 Å². The van der Waals surface area contributed by atoms with Crippen LogP contribution in [0.1, 0.15) is 40.0 Å². The SMILES string of the molecule is C=C(C)C(NN)C(C)(C)N1CCCCC1. The molecule has 1 unspecified atom stereocenters. The molecule has 0 saturated carbocycles. The standard InChI is InChI=1S/C12H25N3/c1-10(2)11(14-13)12(3,4)15-8-6-5-7-9-15/h11,14H,1,5-9,13H2,2-4H3. The fraction of sp³-hybridized carbons (Fsp3) is 0.833. The fourth-order valence-electron chi connectivity index (χ4n) is 2.60. The van der Waals surface area contributed by atoms with Crippen molar-refractivity contribution in [3.05, 3.63) is 12.2 Å². The van der Waals surface area contributed by atoms with Crippen molar-refractivity contribution < 1.29 is 0 Å². The molecule has 15 heavy (non-hydrogen) atoms. The number of hydrogen-bond acceptors (Lipinski definition) is 3. The average Bonchev–Trinajstić information content (AvgIpc) is 2.19. The van der Waals surface area contributed by atoms with E-state index in [0.717, 1.165) is 5.57 Å². The Kier molecular flexibility index (Phi) is 4.32. The van der Waals surface area contributed by atoms with Crippen LogP contribution in [0.2, 0.25) is 0 Å². The maximum atomic E-state index is 5.63. The second kappa shape index (κ2) is 5.10. The maximum Gasteiger partial charge on any atom is 0.0593 e. The molecule has 0 amide bonds. The first-order valence-corrected chi connectivity index (χ1v) is 5.86. The molecule has 1 rings (SSSR count). The first-order chi connectivity index (χ1) is 7.00. The lowest BCUT2D eigenvalue weighted by molar-refractivity contribution is 0.0718. The van der Waals surface area contributed by atoms with Gasteiger partial charge < -0.3 is 0 Å². The van der Waals surface area contributed by atoms with Crippen LogP contribution in [0.5, 0.6) is 0 Å². The summed E-state index contributed by atoms with van der Waals surface area (Å²) in [6.07, 6.45) is 3.97. The molecule has 3 N–H and O–H groups in total. The number of rotatable bonds is 4. The fourth-order valence-corrected chi connectivity index (χ4v) is 2.60. The van der Waals surface area contributed by atoms with E-state index in [9.17, 15) is 0 Å². The number of hydrogen-bond donors (Lipinski definition) is 2. The van der Waals surface area contributed by atoms with E-state index in [1.54, 1.807) is 0 Å². The van der Waals surface area contributed by atoms with Gasteiger partial charge in [-0.2, -0.15) is 0 Å². The number of nitrogens with two attached hydrogens (primary N) is 1. The van der Waals surface area contributed by atoms with Gasteiger partial charge in [-0.15, -0.1) is 0 Å². The van der Waals surface area contributed by atoms with Gasteiger partial charge in [0, 0.05) is 5.54 Å². The van der Waals surface area contributed by atoms with Crippen LogP contribution in [-0.2, 0) is 0 Å². The van der Waals surface area contributed by atoms with Gasteiger partial charge in [0.05, 0.1) is 6.04 Å². The van der Waals surface area contributed by atoms with E-state index in [1.807, 2.05) is 6.92 Å². The molecule has 3 heteroatoms. The summed E-state index contributed by atoms with van der Waals surface area (Å²) in [7, 11) is 0. The second-order valence-electron chi connectivity index (χ2n) is 5.15. The van der Waals surface area contributed by atoms with Crippen LogP contribution in [0.15, 0.2) is 12.2 Å². The van der Waals surface area contributed by atoms with Gasteiger partial charge in [-0.1, -0.05) is 18.6 Å². The molecule has 0 aromatic carbocycles.